The molecule has 0 bridgehead atoms. The third kappa shape index (κ3) is 3.84. The van der Waals surface area contributed by atoms with E-state index in [-0.39, 0.29) is 5.56 Å². The first-order valence-electron chi connectivity index (χ1n) is 8.64. The molecule has 6 heteroatoms. The first kappa shape index (κ1) is 19.1. The largest absolute Gasteiger partial charge is 0.493 e. The summed E-state index contributed by atoms with van der Waals surface area (Å²) >= 11 is 0. The van der Waals surface area contributed by atoms with Crippen LogP contribution in [0.4, 0.5) is 0 Å². The maximum Gasteiger partial charge on any atom is 0.266 e. The summed E-state index contributed by atoms with van der Waals surface area (Å²) in [5, 5.41) is 9.44. The SMILES string of the molecule is COc1cc(-c2cc(C)[nH]c(=O)c2C#N)cc(OCc2ccccc2)c1OC. The standard InChI is InChI=1S/C22H20N2O4/c1-14-9-17(18(12-23)22(25)24-14)16-10-19(26-2)21(27-3)20(11-16)28-13-15-7-5-4-6-8-15/h4-11H,13H2,1-3H3,(H,24,25). The molecule has 0 aliphatic heterocycles. The molecule has 0 radical (unpaired) electrons. The predicted octanol–water partition coefficient (Wildman–Crippen LogP) is 3.82. The highest BCUT2D eigenvalue weighted by atomic mass is 16.5. The molecule has 3 rings (SSSR count). The first-order chi connectivity index (χ1) is 13.6. The van der Waals surface area contributed by atoms with Gasteiger partial charge in [0, 0.05) is 11.3 Å². The lowest BCUT2D eigenvalue weighted by Gasteiger charge is -2.16. The third-order valence-electron chi connectivity index (χ3n) is 4.27. The van der Waals surface area contributed by atoms with Crippen LogP contribution in [0.15, 0.2) is 53.3 Å². The molecule has 0 amide bonds. The lowest BCUT2D eigenvalue weighted by Crippen LogP contribution is -2.12. The highest BCUT2D eigenvalue weighted by Gasteiger charge is 2.18. The fourth-order valence-corrected chi connectivity index (χ4v) is 2.95. The smallest absolute Gasteiger partial charge is 0.266 e. The number of aromatic amines is 1. The number of nitrogens with one attached hydrogen (secondary N) is 1. The molecule has 28 heavy (non-hydrogen) atoms. The predicted molar refractivity (Wildman–Crippen MR) is 106 cm³/mol. The Kier molecular flexibility index (Phi) is 5.66. The van der Waals surface area contributed by atoms with Crippen molar-refractivity contribution < 1.29 is 14.2 Å². The Bertz CT molecular complexity index is 1080. The second kappa shape index (κ2) is 8.31. The summed E-state index contributed by atoms with van der Waals surface area (Å²) in [5.74, 6) is 1.36. The van der Waals surface area contributed by atoms with Crippen molar-refractivity contribution in [3.63, 3.8) is 0 Å². The van der Waals surface area contributed by atoms with Crippen molar-refractivity contribution >= 4 is 0 Å². The summed E-state index contributed by atoms with van der Waals surface area (Å²) in [5.41, 5.74) is 2.39. The second-order valence-corrected chi connectivity index (χ2v) is 6.17. The van der Waals surface area contributed by atoms with Gasteiger partial charge in [0.15, 0.2) is 11.5 Å². The van der Waals surface area contributed by atoms with Crippen molar-refractivity contribution in [3.05, 3.63) is 75.7 Å². The molecule has 6 nitrogen and oxygen atoms in total. The monoisotopic (exact) mass is 376 g/mol. The number of methoxy groups -OCH3 is 2. The zero-order chi connectivity index (χ0) is 20.1. The number of nitriles is 1. The van der Waals surface area contributed by atoms with Gasteiger partial charge in [0.1, 0.15) is 18.2 Å². The third-order valence-corrected chi connectivity index (χ3v) is 4.27. The van der Waals surface area contributed by atoms with Gasteiger partial charge in [-0.25, -0.2) is 0 Å². The highest BCUT2D eigenvalue weighted by Crippen LogP contribution is 2.42. The molecule has 0 atom stereocenters. The summed E-state index contributed by atoms with van der Waals surface area (Å²) in [6.45, 7) is 2.10. The van der Waals surface area contributed by atoms with Crippen molar-refractivity contribution in [1.82, 2.24) is 4.98 Å². The van der Waals surface area contributed by atoms with Crippen LogP contribution in [0.1, 0.15) is 16.8 Å². The van der Waals surface area contributed by atoms with Crippen molar-refractivity contribution in [2.75, 3.05) is 14.2 Å². The molecule has 1 aromatic heterocycles. The minimum absolute atomic E-state index is 0.0341. The molecule has 0 unspecified atom stereocenters. The quantitative estimate of drug-likeness (QED) is 0.707. The van der Waals surface area contributed by atoms with Gasteiger partial charge in [0.05, 0.1) is 14.2 Å². The molecule has 3 aromatic rings. The number of aryl methyl sites for hydroxylation is 1. The molecule has 0 spiro atoms. The van der Waals surface area contributed by atoms with E-state index < -0.39 is 5.56 Å². The minimum Gasteiger partial charge on any atom is -0.493 e. The number of hydrogen-bond acceptors (Lipinski definition) is 5. The Hall–Kier alpha value is -3.72. The Balaban J connectivity index is 2.11. The van der Waals surface area contributed by atoms with Gasteiger partial charge in [-0.3, -0.25) is 4.79 Å². The molecule has 0 aliphatic carbocycles. The Morgan fingerprint density at radius 3 is 2.39 bits per heavy atom. The van der Waals surface area contributed by atoms with Gasteiger partial charge in [-0.1, -0.05) is 30.3 Å². The zero-order valence-corrected chi connectivity index (χ0v) is 15.9. The van der Waals surface area contributed by atoms with Crippen LogP contribution in [0, 0.1) is 18.3 Å². The molecular weight excluding hydrogens is 356 g/mol. The van der Waals surface area contributed by atoms with Gasteiger partial charge in [-0.05, 0) is 36.2 Å². The summed E-state index contributed by atoms with van der Waals surface area (Å²) < 4.78 is 16.9. The lowest BCUT2D eigenvalue weighted by atomic mass is 10.00. The molecule has 1 N–H and O–H groups in total. The number of benzene rings is 2. The van der Waals surface area contributed by atoms with E-state index in [0.29, 0.717) is 40.7 Å². The molecular formula is C22H20N2O4. The fourth-order valence-electron chi connectivity index (χ4n) is 2.95. The van der Waals surface area contributed by atoms with Crippen LogP contribution in [-0.4, -0.2) is 19.2 Å². The number of rotatable bonds is 6. The van der Waals surface area contributed by atoms with E-state index in [9.17, 15) is 10.1 Å². The summed E-state index contributed by atoms with van der Waals surface area (Å²) in [4.78, 5) is 14.8. The Labute approximate surface area is 162 Å². The number of pyridine rings is 1. The van der Waals surface area contributed by atoms with Gasteiger partial charge in [0.25, 0.3) is 5.56 Å². The van der Waals surface area contributed by atoms with Crippen LogP contribution in [0.2, 0.25) is 0 Å². The average Bonchev–Trinajstić information content (AvgIpc) is 2.71. The van der Waals surface area contributed by atoms with Crippen molar-refractivity contribution in [1.29, 1.82) is 5.26 Å². The molecule has 0 aliphatic rings. The van der Waals surface area contributed by atoms with Crippen molar-refractivity contribution in [2.45, 2.75) is 13.5 Å². The van der Waals surface area contributed by atoms with Crippen molar-refractivity contribution in [3.8, 4) is 34.4 Å². The number of aromatic nitrogens is 1. The summed E-state index contributed by atoms with van der Waals surface area (Å²) in [6.07, 6.45) is 0. The molecule has 0 saturated carbocycles. The maximum atomic E-state index is 12.2. The van der Waals surface area contributed by atoms with E-state index in [0.717, 1.165) is 5.56 Å². The number of ether oxygens (including phenoxy) is 3. The average molecular weight is 376 g/mol. The zero-order valence-electron chi connectivity index (χ0n) is 15.9. The Morgan fingerprint density at radius 1 is 1.04 bits per heavy atom. The molecule has 1 heterocycles. The van der Waals surface area contributed by atoms with Crippen LogP contribution in [-0.2, 0) is 6.61 Å². The molecule has 0 saturated heterocycles. The molecule has 0 fully saturated rings. The minimum atomic E-state index is -0.431. The van der Waals surface area contributed by atoms with Crippen LogP contribution in [0.5, 0.6) is 17.2 Å². The number of H-pyrrole nitrogens is 1. The van der Waals surface area contributed by atoms with E-state index in [1.54, 1.807) is 25.1 Å². The van der Waals surface area contributed by atoms with E-state index >= 15 is 0 Å². The van der Waals surface area contributed by atoms with Gasteiger partial charge in [-0.2, -0.15) is 5.26 Å². The van der Waals surface area contributed by atoms with Crippen LogP contribution in [0.3, 0.4) is 0 Å². The normalized spacial score (nSPS) is 10.2. The van der Waals surface area contributed by atoms with Crippen LogP contribution in [0.25, 0.3) is 11.1 Å². The molecule has 142 valence electrons. The van der Waals surface area contributed by atoms with E-state index in [1.165, 1.54) is 14.2 Å². The van der Waals surface area contributed by atoms with Gasteiger partial charge >= 0.3 is 0 Å². The Morgan fingerprint density at radius 2 is 1.75 bits per heavy atom. The van der Waals surface area contributed by atoms with Gasteiger partial charge in [0.2, 0.25) is 5.75 Å². The van der Waals surface area contributed by atoms with Crippen LogP contribution >= 0.6 is 0 Å². The van der Waals surface area contributed by atoms with Gasteiger partial charge in [-0.15, -0.1) is 0 Å². The highest BCUT2D eigenvalue weighted by molar-refractivity contribution is 5.75. The summed E-state index contributed by atoms with van der Waals surface area (Å²) in [6, 6.07) is 16.9. The second-order valence-electron chi connectivity index (χ2n) is 6.17. The molecule has 2 aromatic carbocycles. The number of nitrogens with zero attached hydrogens (tertiary/aromatic N) is 1. The first-order valence-corrected chi connectivity index (χ1v) is 8.64. The van der Waals surface area contributed by atoms with Gasteiger partial charge < -0.3 is 19.2 Å². The summed E-state index contributed by atoms with van der Waals surface area (Å²) in [7, 11) is 3.06. The van der Waals surface area contributed by atoms with Crippen LogP contribution < -0.4 is 19.8 Å². The van der Waals surface area contributed by atoms with E-state index in [1.807, 2.05) is 36.4 Å². The lowest BCUT2D eigenvalue weighted by molar-refractivity contribution is 0.275. The fraction of sp³-hybridized carbons (Fsp3) is 0.182. The van der Waals surface area contributed by atoms with Crippen molar-refractivity contribution in [2.24, 2.45) is 0 Å². The van der Waals surface area contributed by atoms with E-state index in [4.69, 9.17) is 14.2 Å². The topological polar surface area (TPSA) is 84.3 Å². The number of hydrogen-bond donors (Lipinski definition) is 1. The van der Waals surface area contributed by atoms with E-state index in [2.05, 4.69) is 4.98 Å². The maximum absolute atomic E-state index is 12.2.